The van der Waals surface area contributed by atoms with Gasteiger partial charge >= 0.3 is 0 Å². The number of para-hydroxylation sites is 1. The molecule has 0 bridgehead atoms. The van der Waals surface area contributed by atoms with Crippen LogP contribution in [0.4, 0.5) is 0 Å². The molecule has 10 heteroatoms. The lowest BCUT2D eigenvalue weighted by molar-refractivity contribution is -0.130. The lowest BCUT2D eigenvalue weighted by atomic mass is 10.2. The van der Waals surface area contributed by atoms with E-state index in [0.717, 1.165) is 12.1 Å². The van der Waals surface area contributed by atoms with Gasteiger partial charge in [0.25, 0.3) is 0 Å². The first kappa shape index (κ1) is 18.8. The SMILES string of the molecule is CCCN(C(=O)CSc1nnnn1-c1ccccc1)[C@H]1CCS(=O)(=O)C1. The molecule has 2 aromatic rings. The van der Waals surface area contributed by atoms with E-state index in [1.54, 1.807) is 9.58 Å². The molecule has 3 rings (SSSR count). The van der Waals surface area contributed by atoms with Crippen LogP contribution < -0.4 is 0 Å². The maximum absolute atomic E-state index is 12.7. The Morgan fingerprint density at radius 3 is 2.77 bits per heavy atom. The highest BCUT2D eigenvalue weighted by atomic mass is 32.2. The topological polar surface area (TPSA) is 98.1 Å². The number of benzene rings is 1. The molecular weight excluding hydrogens is 374 g/mol. The fourth-order valence-electron chi connectivity index (χ4n) is 2.98. The predicted molar refractivity (Wildman–Crippen MR) is 98.9 cm³/mol. The zero-order chi connectivity index (χ0) is 18.6. The summed E-state index contributed by atoms with van der Waals surface area (Å²) in [7, 11) is -3.03. The Morgan fingerprint density at radius 1 is 1.35 bits per heavy atom. The highest BCUT2D eigenvalue weighted by molar-refractivity contribution is 7.99. The largest absolute Gasteiger partial charge is 0.338 e. The molecule has 2 heterocycles. The first-order valence-electron chi connectivity index (χ1n) is 8.46. The number of thioether (sulfide) groups is 1. The summed E-state index contributed by atoms with van der Waals surface area (Å²) >= 11 is 1.26. The molecule has 0 saturated carbocycles. The van der Waals surface area contributed by atoms with Gasteiger partial charge in [0, 0.05) is 12.6 Å². The molecule has 1 saturated heterocycles. The summed E-state index contributed by atoms with van der Waals surface area (Å²) in [6.07, 6.45) is 1.30. The number of hydrogen-bond acceptors (Lipinski definition) is 7. The molecule has 26 heavy (non-hydrogen) atoms. The number of carbonyl (C=O) groups excluding carboxylic acids is 1. The van der Waals surface area contributed by atoms with Crippen LogP contribution in [-0.2, 0) is 14.6 Å². The van der Waals surface area contributed by atoms with Crippen LogP contribution >= 0.6 is 11.8 Å². The molecule has 1 atom stereocenters. The van der Waals surface area contributed by atoms with Crippen LogP contribution in [-0.4, -0.2) is 69.3 Å². The molecule has 1 aliphatic rings. The van der Waals surface area contributed by atoms with Crippen LogP contribution in [0.3, 0.4) is 0 Å². The Morgan fingerprint density at radius 2 is 2.12 bits per heavy atom. The second kappa shape index (κ2) is 8.17. The Hall–Kier alpha value is -1.94. The summed E-state index contributed by atoms with van der Waals surface area (Å²) < 4.78 is 25.1. The molecule has 1 fully saturated rings. The van der Waals surface area contributed by atoms with Crippen molar-refractivity contribution in [2.75, 3.05) is 23.8 Å². The van der Waals surface area contributed by atoms with Crippen molar-refractivity contribution in [2.45, 2.75) is 31.0 Å². The smallest absolute Gasteiger partial charge is 0.233 e. The molecule has 0 radical (unpaired) electrons. The van der Waals surface area contributed by atoms with Crippen molar-refractivity contribution in [1.82, 2.24) is 25.1 Å². The van der Waals surface area contributed by atoms with Crippen LogP contribution in [0.5, 0.6) is 0 Å². The van der Waals surface area contributed by atoms with Gasteiger partial charge in [-0.15, -0.1) is 5.10 Å². The van der Waals surface area contributed by atoms with Crippen molar-refractivity contribution in [2.24, 2.45) is 0 Å². The lowest BCUT2D eigenvalue weighted by Gasteiger charge is -2.27. The summed E-state index contributed by atoms with van der Waals surface area (Å²) in [5.74, 6) is 0.306. The van der Waals surface area contributed by atoms with E-state index in [0.29, 0.717) is 18.1 Å². The van der Waals surface area contributed by atoms with E-state index in [2.05, 4.69) is 15.5 Å². The second-order valence-electron chi connectivity index (χ2n) is 6.14. The minimum absolute atomic E-state index is 0.0607. The number of tetrazole rings is 1. The number of rotatable bonds is 7. The summed E-state index contributed by atoms with van der Waals surface area (Å²) in [6, 6.07) is 9.23. The van der Waals surface area contributed by atoms with Crippen molar-refractivity contribution < 1.29 is 13.2 Å². The Labute approximate surface area is 156 Å². The third kappa shape index (κ3) is 4.42. The van der Waals surface area contributed by atoms with Crippen LogP contribution in [0.1, 0.15) is 19.8 Å². The summed E-state index contributed by atoms with van der Waals surface area (Å²) in [4.78, 5) is 14.4. The van der Waals surface area contributed by atoms with E-state index in [1.165, 1.54) is 11.8 Å². The van der Waals surface area contributed by atoms with Crippen molar-refractivity contribution in [1.29, 1.82) is 0 Å². The quantitative estimate of drug-likeness (QED) is 0.649. The van der Waals surface area contributed by atoms with E-state index >= 15 is 0 Å². The van der Waals surface area contributed by atoms with Crippen molar-refractivity contribution in [3.05, 3.63) is 30.3 Å². The van der Waals surface area contributed by atoms with Gasteiger partial charge in [0.2, 0.25) is 11.1 Å². The van der Waals surface area contributed by atoms with Gasteiger partial charge in [0.05, 0.1) is 22.9 Å². The Bertz CT molecular complexity index is 854. The van der Waals surface area contributed by atoms with Crippen molar-refractivity contribution >= 4 is 27.5 Å². The fraction of sp³-hybridized carbons (Fsp3) is 0.500. The average molecular weight is 396 g/mol. The summed E-state index contributed by atoms with van der Waals surface area (Å²) in [5.41, 5.74) is 0.819. The van der Waals surface area contributed by atoms with Crippen LogP contribution in [0.25, 0.3) is 5.69 Å². The number of amides is 1. The highest BCUT2D eigenvalue weighted by Crippen LogP contribution is 2.22. The van der Waals surface area contributed by atoms with Gasteiger partial charge in [-0.3, -0.25) is 4.79 Å². The molecule has 140 valence electrons. The minimum atomic E-state index is -3.03. The summed E-state index contributed by atoms with van der Waals surface area (Å²) in [5, 5.41) is 12.2. The first-order chi connectivity index (χ1) is 12.5. The van der Waals surface area contributed by atoms with Gasteiger partial charge in [-0.25, -0.2) is 8.42 Å². The van der Waals surface area contributed by atoms with Gasteiger partial charge in [-0.2, -0.15) is 4.68 Å². The fourth-order valence-corrected chi connectivity index (χ4v) is 5.49. The zero-order valence-corrected chi connectivity index (χ0v) is 16.1. The molecule has 0 N–H and O–H groups in total. The molecule has 8 nitrogen and oxygen atoms in total. The van der Waals surface area contributed by atoms with Crippen LogP contribution in [0.15, 0.2) is 35.5 Å². The maximum atomic E-state index is 12.7. The minimum Gasteiger partial charge on any atom is -0.338 e. The maximum Gasteiger partial charge on any atom is 0.233 e. The standard InChI is InChI=1S/C16H21N5O3S2/c1-2-9-20(14-8-10-26(23,24)12-14)15(22)11-25-16-17-18-19-21(16)13-6-4-3-5-7-13/h3-7,14H,2,8-12H2,1H3/t14-/m0/s1. The molecule has 1 amide bonds. The molecule has 0 unspecified atom stereocenters. The van der Waals surface area contributed by atoms with Gasteiger partial charge in [-0.05, 0) is 35.4 Å². The van der Waals surface area contributed by atoms with Gasteiger partial charge in [0.15, 0.2) is 9.84 Å². The molecule has 1 aromatic heterocycles. The molecule has 0 aliphatic carbocycles. The van der Waals surface area contributed by atoms with Crippen molar-refractivity contribution in [3.63, 3.8) is 0 Å². The Balaban J connectivity index is 1.67. The molecular formula is C16H21N5O3S2. The number of hydrogen-bond donors (Lipinski definition) is 0. The number of nitrogens with zero attached hydrogens (tertiary/aromatic N) is 5. The normalized spacial score (nSPS) is 18.7. The number of aromatic nitrogens is 4. The highest BCUT2D eigenvalue weighted by Gasteiger charge is 2.34. The number of carbonyl (C=O) groups is 1. The average Bonchev–Trinajstić information content (AvgIpc) is 3.24. The molecule has 1 aromatic carbocycles. The lowest BCUT2D eigenvalue weighted by Crippen LogP contribution is -2.42. The second-order valence-corrected chi connectivity index (χ2v) is 9.31. The monoisotopic (exact) mass is 395 g/mol. The van der Waals surface area contributed by atoms with E-state index in [1.807, 2.05) is 37.3 Å². The predicted octanol–water partition coefficient (Wildman–Crippen LogP) is 1.18. The van der Waals surface area contributed by atoms with E-state index in [4.69, 9.17) is 0 Å². The van der Waals surface area contributed by atoms with Gasteiger partial charge in [0.1, 0.15) is 0 Å². The Kier molecular flexibility index (Phi) is 5.92. The van der Waals surface area contributed by atoms with Crippen molar-refractivity contribution in [3.8, 4) is 5.69 Å². The van der Waals surface area contributed by atoms with Gasteiger partial charge in [-0.1, -0.05) is 36.9 Å². The first-order valence-corrected chi connectivity index (χ1v) is 11.3. The number of sulfone groups is 1. The van der Waals surface area contributed by atoms with Crippen LogP contribution in [0.2, 0.25) is 0 Å². The van der Waals surface area contributed by atoms with E-state index in [9.17, 15) is 13.2 Å². The van der Waals surface area contributed by atoms with Crippen LogP contribution in [0, 0.1) is 0 Å². The van der Waals surface area contributed by atoms with Gasteiger partial charge < -0.3 is 4.90 Å². The van der Waals surface area contributed by atoms with E-state index in [-0.39, 0.29) is 29.2 Å². The molecule has 1 aliphatic heterocycles. The summed E-state index contributed by atoms with van der Waals surface area (Å²) in [6.45, 7) is 2.54. The molecule has 0 spiro atoms. The zero-order valence-electron chi connectivity index (χ0n) is 14.5. The third-order valence-electron chi connectivity index (χ3n) is 4.20. The van der Waals surface area contributed by atoms with E-state index < -0.39 is 9.84 Å². The third-order valence-corrected chi connectivity index (χ3v) is 6.85.